The van der Waals surface area contributed by atoms with Crippen LogP contribution in [0.2, 0.25) is 0 Å². The highest BCUT2D eigenvalue weighted by atomic mass is 16.6. The molecule has 0 bridgehead atoms. The molecule has 0 radical (unpaired) electrons. The largest absolute Gasteiger partial charge is 0.508 e. The van der Waals surface area contributed by atoms with Gasteiger partial charge in [0.05, 0.1) is 0 Å². The molecule has 1 amide bonds. The third-order valence-electron chi connectivity index (χ3n) is 3.16. The Morgan fingerprint density at radius 3 is 2.48 bits per heavy atom. The van der Waals surface area contributed by atoms with Gasteiger partial charge in [-0.05, 0) is 38.3 Å². The lowest BCUT2D eigenvalue weighted by atomic mass is 9.87. The second kappa shape index (κ2) is 5.76. The molecule has 0 aliphatic heterocycles. The molecule has 1 atom stereocenters. The standard InChI is InChI=1S/C17H24N2O4/c1-16(2,3)13(19-15(21)23-17(4,5)6)14-18-11-8-7-10(20)9-12(11)22-14/h7-9,13,20H,1-6H3,(H,19,21). The van der Waals surface area contributed by atoms with Gasteiger partial charge in [0.1, 0.15) is 22.9 Å². The van der Waals surface area contributed by atoms with Gasteiger partial charge in [-0.1, -0.05) is 20.8 Å². The number of nitrogens with one attached hydrogen (secondary N) is 1. The summed E-state index contributed by atoms with van der Waals surface area (Å²) in [5, 5.41) is 12.4. The second-order valence-electron chi connectivity index (χ2n) is 7.65. The van der Waals surface area contributed by atoms with Crippen molar-refractivity contribution < 1.29 is 19.1 Å². The molecule has 6 heteroatoms. The van der Waals surface area contributed by atoms with E-state index in [0.717, 1.165) is 0 Å². The Balaban J connectivity index is 2.32. The predicted octanol–water partition coefficient (Wildman–Crippen LogP) is 4.15. The van der Waals surface area contributed by atoms with Crippen LogP contribution in [0.4, 0.5) is 4.79 Å². The molecule has 1 unspecified atom stereocenters. The fourth-order valence-corrected chi connectivity index (χ4v) is 2.13. The van der Waals surface area contributed by atoms with Gasteiger partial charge in [-0.2, -0.15) is 0 Å². The van der Waals surface area contributed by atoms with Crippen molar-refractivity contribution in [1.82, 2.24) is 10.3 Å². The first-order valence-corrected chi connectivity index (χ1v) is 7.55. The summed E-state index contributed by atoms with van der Waals surface area (Å²) < 4.78 is 11.0. The maximum atomic E-state index is 12.1. The van der Waals surface area contributed by atoms with Crippen LogP contribution in [0.3, 0.4) is 0 Å². The van der Waals surface area contributed by atoms with Gasteiger partial charge in [0, 0.05) is 6.07 Å². The second-order valence-corrected chi connectivity index (χ2v) is 7.65. The van der Waals surface area contributed by atoms with Gasteiger partial charge < -0.3 is 19.6 Å². The van der Waals surface area contributed by atoms with Crippen LogP contribution in [-0.4, -0.2) is 21.8 Å². The van der Waals surface area contributed by atoms with Crippen molar-refractivity contribution in [2.75, 3.05) is 0 Å². The molecule has 0 aliphatic carbocycles. The van der Waals surface area contributed by atoms with Crippen LogP contribution >= 0.6 is 0 Å². The molecule has 0 fully saturated rings. The van der Waals surface area contributed by atoms with Gasteiger partial charge in [0.25, 0.3) is 0 Å². The number of amides is 1. The van der Waals surface area contributed by atoms with Gasteiger partial charge >= 0.3 is 6.09 Å². The number of alkyl carbamates (subject to hydrolysis) is 1. The Labute approximate surface area is 135 Å². The number of phenols is 1. The minimum Gasteiger partial charge on any atom is -0.508 e. The number of carbonyl (C=O) groups excluding carboxylic acids is 1. The lowest BCUT2D eigenvalue weighted by molar-refractivity contribution is 0.0447. The highest BCUT2D eigenvalue weighted by molar-refractivity contribution is 5.74. The van der Waals surface area contributed by atoms with Crippen LogP contribution in [0.25, 0.3) is 11.1 Å². The number of nitrogens with zero attached hydrogens (tertiary/aromatic N) is 1. The summed E-state index contributed by atoms with van der Waals surface area (Å²) >= 11 is 0. The summed E-state index contributed by atoms with van der Waals surface area (Å²) in [4.78, 5) is 16.5. The van der Waals surface area contributed by atoms with E-state index in [1.165, 1.54) is 6.07 Å². The number of oxazole rings is 1. The van der Waals surface area contributed by atoms with Crippen molar-refractivity contribution in [3.8, 4) is 5.75 Å². The molecule has 0 saturated heterocycles. The summed E-state index contributed by atoms with van der Waals surface area (Å²) in [5.74, 6) is 0.483. The molecule has 0 spiro atoms. The molecule has 0 aliphatic rings. The van der Waals surface area contributed by atoms with Gasteiger partial charge in [0.2, 0.25) is 5.89 Å². The fraction of sp³-hybridized carbons (Fsp3) is 0.529. The summed E-state index contributed by atoms with van der Waals surface area (Å²) in [6, 6.07) is 4.25. The van der Waals surface area contributed by atoms with E-state index in [-0.39, 0.29) is 11.2 Å². The topological polar surface area (TPSA) is 84.6 Å². The van der Waals surface area contributed by atoms with E-state index in [1.807, 2.05) is 20.8 Å². The molecule has 1 heterocycles. The van der Waals surface area contributed by atoms with Gasteiger partial charge in [-0.3, -0.25) is 0 Å². The maximum absolute atomic E-state index is 12.1. The number of carbonyl (C=O) groups is 1. The number of hydrogen-bond donors (Lipinski definition) is 2. The van der Waals surface area contributed by atoms with E-state index in [4.69, 9.17) is 9.15 Å². The summed E-state index contributed by atoms with van der Waals surface area (Å²) in [7, 11) is 0. The molecule has 23 heavy (non-hydrogen) atoms. The average molecular weight is 320 g/mol. The minimum absolute atomic E-state index is 0.104. The number of ether oxygens (including phenoxy) is 1. The smallest absolute Gasteiger partial charge is 0.408 e. The average Bonchev–Trinajstić information content (AvgIpc) is 2.74. The Kier molecular flexibility index (Phi) is 4.28. The monoisotopic (exact) mass is 320 g/mol. The Morgan fingerprint density at radius 2 is 1.91 bits per heavy atom. The molecule has 126 valence electrons. The quantitative estimate of drug-likeness (QED) is 0.868. The third kappa shape index (κ3) is 4.37. The number of benzene rings is 1. The number of phenolic OH excluding ortho intramolecular Hbond substituents is 1. The Morgan fingerprint density at radius 1 is 1.26 bits per heavy atom. The van der Waals surface area contributed by atoms with E-state index in [1.54, 1.807) is 32.9 Å². The fourth-order valence-electron chi connectivity index (χ4n) is 2.13. The lowest BCUT2D eigenvalue weighted by Gasteiger charge is -2.30. The Bertz CT molecular complexity index is 707. The summed E-state index contributed by atoms with van der Waals surface area (Å²) in [5.41, 5.74) is 0.178. The van der Waals surface area contributed by atoms with Gasteiger partial charge in [-0.25, -0.2) is 9.78 Å². The molecular weight excluding hydrogens is 296 g/mol. The molecule has 0 saturated carbocycles. The van der Waals surface area contributed by atoms with Crippen LogP contribution in [0, 0.1) is 5.41 Å². The van der Waals surface area contributed by atoms with Crippen LogP contribution in [0.15, 0.2) is 22.6 Å². The molecule has 1 aromatic carbocycles. The van der Waals surface area contributed by atoms with E-state index in [9.17, 15) is 9.90 Å². The highest BCUT2D eigenvalue weighted by Gasteiger charge is 2.33. The van der Waals surface area contributed by atoms with Crippen molar-refractivity contribution in [3.63, 3.8) is 0 Å². The van der Waals surface area contributed by atoms with E-state index >= 15 is 0 Å². The number of rotatable bonds is 2. The van der Waals surface area contributed by atoms with Crippen molar-refractivity contribution in [3.05, 3.63) is 24.1 Å². The van der Waals surface area contributed by atoms with E-state index < -0.39 is 17.7 Å². The maximum Gasteiger partial charge on any atom is 0.408 e. The molecule has 6 nitrogen and oxygen atoms in total. The minimum atomic E-state index is -0.584. The number of hydrogen-bond acceptors (Lipinski definition) is 5. The highest BCUT2D eigenvalue weighted by Crippen LogP contribution is 2.34. The molecule has 2 N–H and O–H groups in total. The van der Waals surface area contributed by atoms with Crippen LogP contribution in [0.5, 0.6) is 5.75 Å². The summed E-state index contributed by atoms with van der Waals surface area (Å²) in [6.45, 7) is 11.3. The van der Waals surface area contributed by atoms with Crippen molar-refractivity contribution in [2.45, 2.75) is 53.2 Å². The zero-order valence-electron chi connectivity index (χ0n) is 14.4. The predicted molar refractivity (Wildman–Crippen MR) is 87.2 cm³/mol. The molecular formula is C17H24N2O4. The van der Waals surface area contributed by atoms with E-state index in [2.05, 4.69) is 10.3 Å². The first-order chi connectivity index (χ1) is 10.5. The van der Waals surface area contributed by atoms with Gasteiger partial charge in [-0.15, -0.1) is 0 Å². The Hall–Kier alpha value is -2.24. The zero-order valence-corrected chi connectivity index (χ0v) is 14.4. The van der Waals surface area contributed by atoms with Crippen LogP contribution < -0.4 is 5.32 Å². The molecule has 1 aromatic heterocycles. The zero-order chi connectivity index (χ0) is 17.4. The van der Waals surface area contributed by atoms with Crippen LogP contribution in [-0.2, 0) is 4.74 Å². The van der Waals surface area contributed by atoms with Crippen LogP contribution in [0.1, 0.15) is 53.5 Å². The van der Waals surface area contributed by atoms with Crippen molar-refractivity contribution >= 4 is 17.2 Å². The lowest BCUT2D eigenvalue weighted by Crippen LogP contribution is -2.40. The molecule has 2 aromatic rings. The number of aromatic nitrogens is 1. The first kappa shape index (κ1) is 17.1. The number of fused-ring (bicyclic) bond motifs is 1. The third-order valence-corrected chi connectivity index (χ3v) is 3.16. The van der Waals surface area contributed by atoms with Gasteiger partial charge in [0.15, 0.2) is 5.58 Å². The number of aromatic hydroxyl groups is 1. The first-order valence-electron chi connectivity index (χ1n) is 7.55. The van der Waals surface area contributed by atoms with E-state index in [0.29, 0.717) is 17.0 Å². The SMILES string of the molecule is CC(C)(C)OC(=O)NC(c1nc2ccc(O)cc2o1)C(C)(C)C. The molecule has 2 rings (SSSR count). The van der Waals surface area contributed by atoms with Crippen molar-refractivity contribution in [2.24, 2.45) is 5.41 Å². The summed E-state index contributed by atoms with van der Waals surface area (Å²) in [6.07, 6.45) is -0.525. The normalized spacial score (nSPS) is 13.8. The van der Waals surface area contributed by atoms with Crippen molar-refractivity contribution in [1.29, 1.82) is 0 Å².